The highest BCUT2D eigenvalue weighted by Crippen LogP contribution is 1.99. The highest BCUT2D eigenvalue weighted by Gasteiger charge is 2.15. The van der Waals surface area contributed by atoms with Crippen molar-refractivity contribution < 1.29 is 4.74 Å². The Morgan fingerprint density at radius 3 is 2.93 bits per heavy atom. The topological polar surface area (TPSA) is 48.2 Å². The van der Waals surface area contributed by atoms with Crippen molar-refractivity contribution in [3.63, 3.8) is 0 Å². The molecule has 1 aliphatic rings. The standard InChI is InChI=1S/C10H17N3O2/c1-2-12-4-5-13(10(12)14)8-9-7-11-3-6-15-9/h4-5,9,11H,2-3,6-8H2,1H3. The van der Waals surface area contributed by atoms with Gasteiger partial charge in [-0.25, -0.2) is 4.79 Å². The first kappa shape index (κ1) is 10.4. The van der Waals surface area contributed by atoms with Gasteiger partial charge in [-0.05, 0) is 6.92 Å². The molecule has 0 saturated carbocycles. The summed E-state index contributed by atoms with van der Waals surface area (Å²) >= 11 is 0. The molecular weight excluding hydrogens is 194 g/mol. The van der Waals surface area contributed by atoms with E-state index in [-0.39, 0.29) is 11.8 Å². The summed E-state index contributed by atoms with van der Waals surface area (Å²) in [5, 5.41) is 3.25. The first-order valence-corrected chi connectivity index (χ1v) is 5.39. The van der Waals surface area contributed by atoms with Gasteiger partial charge in [-0.1, -0.05) is 0 Å². The number of aryl methyl sites for hydroxylation is 1. The first-order valence-electron chi connectivity index (χ1n) is 5.39. The zero-order chi connectivity index (χ0) is 10.7. The van der Waals surface area contributed by atoms with E-state index in [9.17, 15) is 4.79 Å². The summed E-state index contributed by atoms with van der Waals surface area (Å²) in [6.07, 6.45) is 3.76. The summed E-state index contributed by atoms with van der Waals surface area (Å²) in [5.74, 6) is 0. The molecule has 84 valence electrons. The Balaban J connectivity index is 2.03. The molecule has 15 heavy (non-hydrogen) atoms. The van der Waals surface area contributed by atoms with E-state index >= 15 is 0 Å². The van der Waals surface area contributed by atoms with E-state index in [1.54, 1.807) is 9.13 Å². The predicted molar refractivity (Wildman–Crippen MR) is 57.0 cm³/mol. The van der Waals surface area contributed by atoms with E-state index in [0.717, 1.165) is 26.2 Å². The molecule has 1 atom stereocenters. The van der Waals surface area contributed by atoms with Gasteiger partial charge in [0.2, 0.25) is 0 Å². The Morgan fingerprint density at radius 1 is 1.53 bits per heavy atom. The number of hydrogen-bond acceptors (Lipinski definition) is 3. The molecule has 2 heterocycles. The van der Waals surface area contributed by atoms with Crippen LogP contribution < -0.4 is 11.0 Å². The van der Waals surface area contributed by atoms with Crippen LogP contribution in [-0.4, -0.2) is 34.9 Å². The van der Waals surface area contributed by atoms with E-state index in [1.165, 1.54) is 0 Å². The molecule has 0 aromatic carbocycles. The second kappa shape index (κ2) is 4.63. The van der Waals surface area contributed by atoms with Gasteiger partial charge in [0, 0.05) is 32.0 Å². The minimum absolute atomic E-state index is 0.0478. The van der Waals surface area contributed by atoms with Crippen molar-refractivity contribution in [1.82, 2.24) is 14.5 Å². The Bertz CT molecular complexity index is 363. The van der Waals surface area contributed by atoms with E-state index in [4.69, 9.17) is 4.74 Å². The number of nitrogens with zero attached hydrogens (tertiary/aromatic N) is 2. The molecule has 1 aromatic heterocycles. The third kappa shape index (κ3) is 2.30. The molecule has 1 unspecified atom stereocenters. The maximum atomic E-state index is 11.7. The van der Waals surface area contributed by atoms with Gasteiger partial charge in [-0.15, -0.1) is 0 Å². The molecule has 2 rings (SSSR count). The summed E-state index contributed by atoms with van der Waals surface area (Å²) in [5.41, 5.74) is 0.0478. The van der Waals surface area contributed by atoms with Gasteiger partial charge in [0.1, 0.15) is 0 Å². The van der Waals surface area contributed by atoms with Gasteiger partial charge in [0.15, 0.2) is 0 Å². The Hall–Kier alpha value is -1.07. The van der Waals surface area contributed by atoms with Gasteiger partial charge < -0.3 is 10.1 Å². The van der Waals surface area contributed by atoms with Crippen LogP contribution in [0.5, 0.6) is 0 Å². The second-order valence-electron chi connectivity index (χ2n) is 3.72. The molecule has 0 aliphatic carbocycles. The van der Waals surface area contributed by atoms with Crippen LogP contribution in [0.1, 0.15) is 6.92 Å². The highest BCUT2D eigenvalue weighted by molar-refractivity contribution is 4.83. The van der Waals surface area contributed by atoms with Crippen LogP contribution in [0.2, 0.25) is 0 Å². The summed E-state index contributed by atoms with van der Waals surface area (Å²) in [4.78, 5) is 11.7. The molecule has 0 spiro atoms. The summed E-state index contributed by atoms with van der Waals surface area (Å²) < 4.78 is 8.95. The van der Waals surface area contributed by atoms with E-state index in [2.05, 4.69) is 5.32 Å². The lowest BCUT2D eigenvalue weighted by Crippen LogP contribution is -2.42. The number of imidazole rings is 1. The molecule has 1 saturated heterocycles. The van der Waals surface area contributed by atoms with E-state index in [1.807, 2.05) is 19.3 Å². The largest absolute Gasteiger partial charge is 0.374 e. The van der Waals surface area contributed by atoms with Crippen LogP contribution >= 0.6 is 0 Å². The van der Waals surface area contributed by atoms with Crippen LogP contribution in [0.4, 0.5) is 0 Å². The molecule has 1 N–H and O–H groups in total. The van der Waals surface area contributed by atoms with Crippen molar-refractivity contribution in [1.29, 1.82) is 0 Å². The number of ether oxygens (including phenoxy) is 1. The molecule has 5 heteroatoms. The lowest BCUT2D eigenvalue weighted by atomic mass is 10.3. The molecule has 0 radical (unpaired) electrons. The number of hydrogen-bond donors (Lipinski definition) is 1. The summed E-state index contributed by atoms with van der Waals surface area (Å²) in [6, 6.07) is 0. The van der Waals surface area contributed by atoms with Crippen molar-refractivity contribution in [3.8, 4) is 0 Å². The zero-order valence-electron chi connectivity index (χ0n) is 8.98. The van der Waals surface area contributed by atoms with Crippen LogP contribution in [-0.2, 0) is 17.8 Å². The fourth-order valence-electron chi connectivity index (χ4n) is 1.79. The third-order valence-corrected chi connectivity index (χ3v) is 2.66. The zero-order valence-corrected chi connectivity index (χ0v) is 8.98. The lowest BCUT2D eigenvalue weighted by molar-refractivity contribution is 0.0176. The van der Waals surface area contributed by atoms with Crippen LogP contribution in [0.15, 0.2) is 17.2 Å². The van der Waals surface area contributed by atoms with Gasteiger partial charge in [0.25, 0.3) is 0 Å². The molecule has 0 bridgehead atoms. The smallest absolute Gasteiger partial charge is 0.328 e. The average molecular weight is 211 g/mol. The molecule has 0 amide bonds. The SMILES string of the molecule is CCn1ccn(CC2CNCCO2)c1=O. The Labute approximate surface area is 88.7 Å². The molecule has 1 fully saturated rings. The molecular formula is C10H17N3O2. The molecule has 1 aromatic rings. The predicted octanol–water partition coefficient (Wildman–Crippen LogP) is -0.342. The van der Waals surface area contributed by atoms with Gasteiger partial charge >= 0.3 is 5.69 Å². The minimum Gasteiger partial charge on any atom is -0.374 e. The number of rotatable bonds is 3. The Kier molecular flexibility index (Phi) is 3.23. The fourth-order valence-corrected chi connectivity index (χ4v) is 1.79. The maximum absolute atomic E-state index is 11.7. The van der Waals surface area contributed by atoms with E-state index in [0.29, 0.717) is 6.54 Å². The highest BCUT2D eigenvalue weighted by atomic mass is 16.5. The lowest BCUT2D eigenvalue weighted by Gasteiger charge is -2.23. The van der Waals surface area contributed by atoms with Crippen LogP contribution in [0, 0.1) is 0 Å². The van der Waals surface area contributed by atoms with Gasteiger partial charge in [0.05, 0.1) is 19.3 Å². The second-order valence-corrected chi connectivity index (χ2v) is 3.72. The van der Waals surface area contributed by atoms with Crippen LogP contribution in [0.3, 0.4) is 0 Å². The average Bonchev–Trinajstić information content (AvgIpc) is 2.62. The summed E-state index contributed by atoms with van der Waals surface area (Å²) in [7, 11) is 0. The van der Waals surface area contributed by atoms with Crippen molar-refractivity contribution in [3.05, 3.63) is 22.9 Å². The van der Waals surface area contributed by atoms with Crippen LogP contribution in [0.25, 0.3) is 0 Å². The molecule has 1 aliphatic heterocycles. The van der Waals surface area contributed by atoms with E-state index < -0.39 is 0 Å². The van der Waals surface area contributed by atoms with Gasteiger partial charge in [-0.3, -0.25) is 9.13 Å². The minimum atomic E-state index is 0.0478. The number of aromatic nitrogens is 2. The quantitative estimate of drug-likeness (QED) is 0.744. The van der Waals surface area contributed by atoms with Gasteiger partial charge in [-0.2, -0.15) is 0 Å². The van der Waals surface area contributed by atoms with Crippen molar-refractivity contribution in [2.75, 3.05) is 19.7 Å². The number of nitrogens with one attached hydrogen (secondary N) is 1. The normalized spacial score (nSPS) is 21.8. The maximum Gasteiger partial charge on any atom is 0.328 e. The Morgan fingerprint density at radius 2 is 2.33 bits per heavy atom. The first-order chi connectivity index (χ1) is 7.31. The third-order valence-electron chi connectivity index (χ3n) is 2.66. The number of morpholine rings is 1. The monoisotopic (exact) mass is 211 g/mol. The van der Waals surface area contributed by atoms with Crippen molar-refractivity contribution in [2.45, 2.75) is 26.1 Å². The fraction of sp³-hybridized carbons (Fsp3) is 0.700. The molecule has 5 nitrogen and oxygen atoms in total. The summed E-state index contributed by atoms with van der Waals surface area (Å²) in [6.45, 7) is 5.78. The van der Waals surface area contributed by atoms with Crippen molar-refractivity contribution in [2.24, 2.45) is 0 Å². The van der Waals surface area contributed by atoms with Crippen molar-refractivity contribution >= 4 is 0 Å².